The highest BCUT2D eigenvalue weighted by Gasteiger charge is 2.07. The van der Waals surface area contributed by atoms with Crippen molar-refractivity contribution in [3.05, 3.63) is 68.9 Å². The average molecular weight is 357 g/mol. The third-order valence-corrected chi connectivity index (χ3v) is 4.69. The van der Waals surface area contributed by atoms with Gasteiger partial charge in [-0.05, 0) is 35.2 Å². The number of thiazole rings is 1. The quantitative estimate of drug-likeness (QED) is 0.416. The monoisotopic (exact) mass is 357 g/mol. The van der Waals surface area contributed by atoms with E-state index >= 15 is 0 Å². The molecule has 0 atom stereocenters. The van der Waals surface area contributed by atoms with E-state index in [2.05, 4.69) is 10.3 Å². The highest BCUT2D eigenvalue weighted by atomic mass is 32.1. The summed E-state index contributed by atoms with van der Waals surface area (Å²) in [6, 6.07) is 9.88. The average Bonchev–Trinajstić information content (AvgIpc) is 3.24. The summed E-state index contributed by atoms with van der Waals surface area (Å²) >= 11 is 2.95. The first-order valence-electron chi connectivity index (χ1n) is 6.85. The number of hydrogen-bond donors (Lipinski definition) is 1. The number of nitro benzene ring substituents is 1. The topological polar surface area (TPSA) is 85.1 Å². The lowest BCUT2D eigenvalue weighted by Crippen LogP contribution is -2.07. The van der Waals surface area contributed by atoms with Crippen molar-refractivity contribution < 1.29 is 9.72 Å². The molecule has 0 aliphatic rings. The number of nitro groups is 1. The number of carbonyl (C=O) groups is 1. The molecule has 24 heavy (non-hydrogen) atoms. The number of anilines is 1. The van der Waals surface area contributed by atoms with Crippen LogP contribution in [0.5, 0.6) is 0 Å². The minimum absolute atomic E-state index is 0.0143. The number of aromatic nitrogens is 1. The number of carbonyl (C=O) groups excluding carboxylic acids is 1. The Labute approximate surface area is 145 Å². The Morgan fingerprint density at radius 3 is 2.67 bits per heavy atom. The number of benzene rings is 1. The molecular weight excluding hydrogens is 346 g/mol. The van der Waals surface area contributed by atoms with E-state index in [1.54, 1.807) is 29.5 Å². The van der Waals surface area contributed by atoms with Gasteiger partial charge in [0.1, 0.15) is 0 Å². The van der Waals surface area contributed by atoms with E-state index < -0.39 is 4.92 Å². The van der Waals surface area contributed by atoms with Crippen LogP contribution in [0.25, 0.3) is 16.6 Å². The highest BCUT2D eigenvalue weighted by molar-refractivity contribution is 7.16. The van der Waals surface area contributed by atoms with E-state index in [-0.39, 0.29) is 11.6 Å². The second-order valence-corrected chi connectivity index (χ2v) is 6.49. The molecule has 120 valence electrons. The zero-order valence-electron chi connectivity index (χ0n) is 12.2. The summed E-state index contributed by atoms with van der Waals surface area (Å²) in [5.74, 6) is -0.305. The van der Waals surface area contributed by atoms with E-state index in [9.17, 15) is 14.9 Å². The predicted octanol–water partition coefficient (Wildman–Crippen LogP) is 4.43. The van der Waals surface area contributed by atoms with Crippen LogP contribution in [0.3, 0.4) is 0 Å². The van der Waals surface area contributed by atoms with Gasteiger partial charge in [0.25, 0.3) is 5.69 Å². The fraction of sp³-hybridized carbons (Fsp3) is 0. The minimum atomic E-state index is -0.464. The van der Waals surface area contributed by atoms with Crippen molar-refractivity contribution in [2.75, 3.05) is 5.32 Å². The summed E-state index contributed by atoms with van der Waals surface area (Å²) in [5.41, 5.74) is 1.55. The highest BCUT2D eigenvalue weighted by Crippen LogP contribution is 2.28. The molecule has 6 nitrogen and oxygen atoms in total. The molecule has 0 aliphatic carbocycles. The largest absolute Gasteiger partial charge is 0.298 e. The van der Waals surface area contributed by atoms with Gasteiger partial charge in [0.05, 0.1) is 15.5 Å². The van der Waals surface area contributed by atoms with Gasteiger partial charge in [-0.3, -0.25) is 20.2 Å². The summed E-state index contributed by atoms with van der Waals surface area (Å²) in [6.07, 6.45) is 2.96. The fourth-order valence-electron chi connectivity index (χ4n) is 1.89. The molecule has 2 aromatic heterocycles. The number of hydrogen-bond acceptors (Lipinski definition) is 6. The summed E-state index contributed by atoms with van der Waals surface area (Å²) in [7, 11) is 0. The van der Waals surface area contributed by atoms with Gasteiger partial charge >= 0.3 is 0 Å². The molecule has 0 spiro atoms. The Morgan fingerprint density at radius 2 is 2.00 bits per heavy atom. The summed E-state index contributed by atoms with van der Waals surface area (Å²) < 4.78 is 0. The van der Waals surface area contributed by atoms with Crippen LogP contribution in [0.4, 0.5) is 10.8 Å². The second-order valence-electron chi connectivity index (χ2n) is 4.69. The molecule has 2 heterocycles. The third-order valence-electron chi connectivity index (χ3n) is 3.04. The smallest absolute Gasteiger partial charge is 0.269 e. The summed E-state index contributed by atoms with van der Waals surface area (Å²) in [5, 5.41) is 17.7. The van der Waals surface area contributed by atoms with E-state index in [4.69, 9.17) is 0 Å². The molecule has 0 fully saturated rings. The molecule has 0 saturated heterocycles. The first kappa shape index (κ1) is 16.0. The first-order valence-corrected chi connectivity index (χ1v) is 8.61. The number of nitrogens with zero attached hydrogens (tertiary/aromatic N) is 2. The van der Waals surface area contributed by atoms with Crippen LogP contribution >= 0.6 is 22.7 Å². The van der Waals surface area contributed by atoms with E-state index in [0.29, 0.717) is 10.7 Å². The van der Waals surface area contributed by atoms with Crippen molar-refractivity contribution in [2.45, 2.75) is 0 Å². The molecule has 3 aromatic rings. The summed E-state index contributed by atoms with van der Waals surface area (Å²) in [4.78, 5) is 27.5. The molecule has 0 radical (unpaired) electrons. The summed E-state index contributed by atoms with van der Waals surface area (Å²) in [6.45, 7) is 0. The molecule has 0 unspecified atom stereocenters. The lowest BCUT2D eigenvalue weighted by atomic mass is 10.2. The van der Waals surface area contributed by atoms with Crippen LogP contribution in [0.1, 0.15) is 5.56 Å². The Morgan fingerprint density at radius 1 is 1.21 bits per heavy atom. The minimum Gasteiger partial charge on any atom is -0.298 e. The third kappa shape index (κ3) is 3.92. The lowest BCUT2D eigenvalue weighted by Gasteiger charge is -1.96. The maximum Gasteiger partial charge on any atom is 0.269 e. The zero-order chi connectivity index (χ0) is 16.9. The van der Waals surface area contributed by atoms with Crippen LogP contribution in [-0.2, 0) is 4.79 Å². The van der Waals surface area contributed by atoms with Gasteiger partial charge in [-0.15, -0.1) is 22.7 Å². The van der Waals surface area contributed by atoms with Crippen LogP contribution in [0.2, 0.25) is 0 Å². The van der Waals surface area contributed by atoms with Gasteiger partial charge < -0.3 is 0 Å². The van der Waals surface area contributed by atoms with Crippen molar-refractivity contribution in [1.29, 1.82) is 0 Å². The lowest BCUT2D eigenvalue weighted by molar-refractivity contribution is -0.384. The number of thiophene rings is 1. The van der Waals surface area contributed by atoms with Crippen LogP contribution in [-0.4, -0.2) is 15.8 Å². The normalized spacial score (nSPS) is 10.8. The van der Waals surface area contributed by atoms with E-state index in [1.807, 2.05) is 22.9 Å². The fourth-order valence-corrected chi connectivity index (χ4v) is 3.37. The Kier molecular flexibility index (Phi) is 4.78. The maximum atomic E-state index is 11.9. The number of non-ortho nitro benzene ring substituents is 1. The number of amides is 1. The van der Waals surface area contributed by atoms with Gasteiger partial charge in [0.15, 0.2) is 5.13 Å². The van der Waals surface area contributed by atoms with Gasteiger partial charge in [0, 0.05) is 23.6 Å². The molecule has 1 amide bonds. The molecule has 0 bridgehead atoms. The van der Waals surface area contributed by atoms with Crippen molar-refractivity contribution >= 4 is 45.5 Å². The van der Waals surface area contributed by atoms with Crippen molar-refractivity contribution in [1.82, 2.24) is 4.98 Å². The molecule has 1 N–H and O–H groups in total. The van der Waals surface area contributed by atoms with Gasteiger partial charge in [-0.1, -0.05) is 6.07 Å². The van der Waals surface area contributed by atoms with Crippen molar-refractivity contribution in [3.63, 3.8) is 0 Å². The number of rotatable bonds is 5. The molecule has 0 saturated carbocycles. The second kappa shape index (κ2) is 7.16. The van der Waals surface area contributed by atoms with Crippen molar-refractivity contribution in [2.24, 2.45) is 0 Å². The SMILES string of the molecule is O=C(/C=C\c1ccc([N+](=O)[O-])cc1)Nc1nc(-c2cccs2)cs1. The zero-order valence-corrected chi connectivity index (χ0v) is 13.8. The molecule has 3 rings (SSSR count). The standard InChI is InChI=1S/C16H11N3O3S2/c20-15(8-5-11-3-6-12(7-4-11)19(21)22)18-16-17-13(10-24-16)14-2-1-9-23-14/h1-10H,(H,17,18,20)/b8-5-. The van der Waals surface area contributed by atoms with Crippen LogP contribution in [0, 0.1) is 10.1 Å². The molecule has 1 aromatic carbocycles. The van der Waals surface area contributed by atoms with Gasteiger partial charge in [-0.2, -0.15) is 0 Å². The maximum absolute atomic E-state index is 11.9. The Bertz CT molecular complexity index is 884. The Hall–Kier alpha value is -2.84. The predicted molar refractivity (Wildman–Crippen MR) is 96.2 cm³/mol. The van der Waals surface area contributed by atoms with Crippen LogP contribution < -0.4 is 5.32 Å². The van der Waals surface area contributed by atoms with E-state index in [0.717, 1.165) is 10.6 Å². The molecule has 0 aliphatic heterocycles. The van der Waals surface area contributed by atoms with Gasteiger partial charge in [0.2, 0.25) is 5.91 Å². The van der Waals surface area contributed by atoms with Crippen molar-refractivity contribution in [3.8, 4) is 10.6 Å². The molecular formula is C16H11N3O3S2. The first-order chi connectivity index (χ1) is 11.6. The number of nitrogens with one attached hydrogen (secondary N) is 1. The Balaban J connectivity index is 1.62. The molecule has 8 heteroatoms. The van der Waals surface area contributed by atoms with E-state index in [1.165, 1.54) is 29.5 Å². The van der Waals surface area contributed by atoms with Gasteiger partial charge in [-0.25, -0.2) is 4.98 Å². The van der Waals surface area contributed by atoms with Crippen LogP contribution in [0.15, 0.2) is 53.2 Å².